The molecule has 2 atom stereocenters. The summed E-state index contributed by atoms with van der Waals surface area (Å²) in [4.78, 5) is 21.9. The third-order valence-electron chi connectivity index (χ3n) is 2.49. The Hall–Kier alpha value is -1.66. The van der Waals surface area contributed by atoms with Crippen molar-refractivity contribution in [2.24, 2.45) is 5.73 Å². The van der Waals surface area contributed by atoms with Crippen LogP contribution in [0.3, 0.4) is 0 Å². The van der Waals surface area contributed by atoms with Crippen LogP contribution in [-0.4, -0.2) is 36.0 Å². The topological polar surface area (TPSA) is 98.8 Å². The molecule has 0 fully saturated rings. The lowest BCUT2D eigenvalue weighted by molar-refractivity contribution is -0.187. The Morgan fingerprint density at radius 2 is 2.28 bits per heavy atom. The van der Waals surface area contributed by atoms with Gasteiger partial charge < -0.3 is 20.3 Å². The lowest BCUT2D eigenvalue weighted by atomic mass is 9.97. The molecule has 0 aliphatic heterocycles. The average molecular weight is 255 g/mol. The Labute approximate surface area is 105 Å². The van der Waals surface area contributed by atoms with Crippen LogP contribution < -0.4 is 5.73 Å². The number of hydrogen-bond donors (Lipinski definition) is 2. The number of allylic oxidation sites excluding steroid dienone is 1. The lowest BCUT2D eigenvalue weighted by Gasteiger charge is -2.26. The maximum atomic E-state index is 11.1. The Morgan fingerprint density at radius 1 is 1.61 bits per heavy atom. The van der Waals surface area contributed by atoms with Crippen LogP contribution >= 0.6 is 0 Å². The van der Waals surface area contributed by atoms with Gasteiger partial charge in [0.05, 0.1) is 7.11 Å². The van der Waals surface area contributed by atoms with Crippen molar-refractivity contribution >= 4 is 11.9 Å². The molecule has 0 radical (unpaired) electrons. The standard InChI is InChI=1S/C12H17NO5/c1-8(14)18-12(16)5-3-9(4-6-12)7-10(13)11(15)17-2/h3-5,10,16H,6-7,13H2,1-2H3/t10-,12?/m0/s1. The monoisotopic (exact) mass is 255 g/mol. The minimum atomic E-state index is -1.61. The average Bonchev–Trinajstić information content (AvgIpc) is 2.30. The number of methoxy groups -OCH3 is 1. The number of rotatable bonds is 4. The Morgan fingerprint density at radius 3 is 2.72 bits per heavy atom. The predicted molar refractivity (Wildman–Crippen MR) is 63.2 cm³/mol. The largest absolute Gasteiger partial charge is 0.468 e. The first kappa shape index (κ1) is 14.4. The van der Waals surface area contributed by atoms with Gasteiger partial charge in [-0.05, 0) is 18.1 Å². The second kappa shape index (κ2) is 5.79. The minimum Gasteiger partial charge on any atom is -0.468 e. The number of carbonyl (C=O) groups excluding carboxylic acids is 2. The zero-order valence-electron chi connectivity index (χ0n) is 10.4. The van der Waals surface area contributed by atoms with Crippen LogP contribution in [0, 0.1) is 0 Å². The van der Waals surface area contributed by atoms with E-state index < -0.39 is 23.8 Å². The fourth-order valence-electron chi connectivity index (χ4n) is 1.62. The highest BCUT2D eigenvalue weighted by molar-refractivity contribution is 5.75. The van der Waals surface area contributed by atoms with E-state index in [9.17, 15) is 14.7 Å². The normalized spacial score (nSPS) is 24.1. The first-order chi connectivity index (χ1) is 8.36. The van der Waals surface area contributed by atoms with Crippen molar-refractivity contribution < 1.29 is 24.2 Å². The first-order valence-electron chi connectivity index (χ1n) is 5.50. The van der Waals surface area contributed by atoms with E-state index in [1.807, 2.05) is 0 Å². The van der Waals surface area contributed by atoms with E-state index in [1.54, 1.807) is 12.2 Å². The van der Waals surface area contributed by atoms with Crippen LogP contribution in [0.25, 0.3) is 0 Å². The Balaban J connectivity index is 2.58. The molecule has 0 aromatic rings. The van der Waals surface area contributed by atoms with Crippen molar-refractivity contribution in [3.63, 3.8) is 0 Å². The van der Waals surface area contributed by atoms with Gasteiger partial charge in [0, 0.05) is 13.3 Å². The van der Waals surface area contributed by atoms with E-state index in [0.717, 1.165) is 5.57 Å². The van der Waals surface area contributed by atoms with Gasteiger partial charge in [-0.2, -0.15) is 0 Å². The highest BCUT2D eigenvalue weighted by Crippen LogP contribution is 2.24. The molecule has 0 saturated carbocycles. The molecule has 100 valence electrons. The molecule has 3 N–H and O–H groups in total. The SMILES string of the molecule is COC(=O)[C@@H](N)CC1=CCC(O)(OC(C)=O)C=C1. The van der Waals surface area contributed by atoms with E-state index in [-0.39, 0.29) is 6.42 Å². The molecule has 0 spiro atoms. The highest BCUT2D eigenvalue weighted by atomic mass is 16.7. The van der Waals surface area contributed by atoms with Gasteiger partial charge in [-0.25, -0.2) is 0 Å². The van der Waals surface area contributed by atoms with Gasteiger partial charge in [0.15, 0.2) is 0 Å². The molecule has 6 nitrogen and oxygen atoms in total. The zero-order chi connectivity index (χ0) is 13.8. The van der Waals surface area contributed by atoms with Gasteiger partial charge in [0.2, 0.25) is 5.79 Å². The number of ether oxygens (including phenoxy) is 2. The molecular formula is C12H17NO5. The number of carbonyl (C=O) groups is 2. The molecule has 1 rings (SSSR count). The summed E-state index contributed by atoms with van der Waals surface area (Å²) in [5.41, 5.74) is 6.39. The summed E-state index contributed by atoms with van der Waals surface area (Å²) in [6, 6.07) is -0.745. The number of nitrogens with two attached hydrogens (primary N) is 1. The maximum absolute atomic E-state index is 11.1. The molecule has 0 aromatic carbocycles. The molecule has 1 unspecified atom stereocenters. The molecule has 18 heavy (non-hydrogen) atoms. The van der Waals surface area contributed by atoms with Crippen LogP contribution in [0.5, 0.6) is 0 Å². The van der Waals surface area contributed by atoms with E-state index in [1.165, 1.54) is 20.1 Å². The summed E-state index contributed by atoms with van der Waals surface area (Å²) in [6.45, 7) is 1.22. The van der Waals surface area contributed by atoms with Gasteiger partial charge in [0.1, 0.15) is 6.04 Å². The lowest BCUT2D eigenvalue weighted by Crippen LogP contribution is -2.34. The minimum absolute atomic E-state index is 0.131. The predicted octanol–water partition coefficient (Wildman–Crippen LogP) is 0.0148. The van der Waals surface area contributed by atoms with Crippen LogP contribution in [0.1, 0.15) is 19.8 Å². The van der Waals surface area contributed by atoms with Crippen molar-refractivity contribution in [1.29, 1.82) is 0 Å². The molecule has 1 aliphatic rings. The van der Waals surface area contributed by atoms with E-state index in [4.69, 9.17) is 10.5 Å². The van der Waals surface area contributed by atoms with E-state index in [2.05, 4.69) is 4.74 Å². The maximum Gasteiger partial charge on any atom is 0.322 e. The molecule has 0 heterocycles. The van der Waals surface area contributed by atoms with Crippen molar-refractivity contribution in [1.82, 2.24) is 0 Å². The van der Waals surface area contributed by atoms with Crippen LogP contribution in [0.15, 0.2) is 23.8 Å². The summed E-state index contributed by atoms with van der Waals surface area (Å²) in [7, 11) is 1.27. The van der Waals surface area contributed by atoms with Crippen LogP contribution in [0.4, 0.5) is 0 Å². The number of esters is 2. The van der Waals surface area contributed by atoms with Crippen LogP contribution in [-0.2, 0) is 19.1 Å². The van der Waals surface area contributed by atoms with Gasteiger partial charge in [-0.15, -0.1) is 0 Å². The number of aliphatic hydroxyl groups is 1. The molecule has 0 bridgehead atoms. The second-order valence-corrected chi connectivity index (χ2v) is 4.09. The molecule has 0 saturated heterocycles. The van der Waals surface area contributed by atoms with Crippen LogP contribution in [0.2, 0.25) is 0 Å². The van der Waals surface area contributed by atoms with Crippen molar-refractivity contribution in [2.75, 3.05) is 7.11 Å². The van der Waals surface area contributed by atoms with Gasteiger partial charge >= 0.3 is 11.9 Å². The van der Waals surface area contributed by atoms with E-state index >= 15 is 0 Å². The molecule has 6 heteroatoms. The summed E-state index contributed by atoms with van der Waals surface area (Å²) in [5, 5.41) is 9.85. The second-order valence-electron chi connectivity index (χ2n) is 4.09. The number of hydrogen-bond acceptors (Lipinski definition) is 6. The van der Waals surface area contributed by atoms with Crippen molar-refractivity contribution in [3.05, 3.63) is 23.8 Å². The highest BCUT2D eigenvalue weighted by Gasteiger charge is 2.29. The molecule has 1 aliphatic carbocycles. The summed E-state index contributed by atoms with van der Waals surface area (Å²) < 4.78 is 9.28. The fraction of sp³-hybridized carbons (Fsp3) is 0.500. The van der Waals surface area contributed by atoms with Gasteiger partial charge in [-0.3, -0.25) is 9.59 Å². The van der Waals surface area contributed by atoms with Gasteiger partial charge in [0.25, 0.3) is 0 Å². The molecular weight excluding hydrogens is 238 g/mol. The molecule has 0 amide bonds. The Kier molecular flexibility index (Phi) is 4.63. The fourth-order valence-corrected chi connectivity index (χ4v) is 1.62. The quantitative estimate of drug-likeness (QED) is 0.542. The third kappa shape index (κ3) is 3.97. The van der Waals surface area contributed by atoms with Gasteiger partial charge in [-0.1, -0.05) is 12.2 Å². The summed E-state index contributed by atoms with van der Waals surface area (Å²) in [5.74, 6) is -2.67. The summed E-state index contributed by atoms with van der Waals surface area (Å²) in [6.07, 6.45) is 5.06. The van der Waals surface area contributed by atoms with E-state index in [0.29, 0.717) is 6.42 Å². The summed E-state index contributed by atoms with van der Waals surface area (Å²) >= 11 is 0. The first-order valence-corrected chi connectivity index (χ1v) is 5.50. The Bertz CT molecular complexity index is 401. The van der Waals surface area contributed by atoms with Crippen molar-refractivity contribution in [2.45, 2.75) is 31.6 Å². The molecule has 0 aromatic heterocycles. The van der Waals surface area contributed by atoms with Crippen molar-refractivity contribution in [3.8, 4) is 0 Å². The zero-order valence-corrected chi connectivity index (χ0v) is 10.4. The third-order valence-corrected chi connectivity index (χ3v) is 2.49. The smallest absolute Gasteiger partial charge is 0.322 e.